The van der Waals surface area contributed by atoms with E-state index in [1.807, 2.05) is 43.5 Å². The minimum absolute atomic E-state index is 0.456. The molecule has 23 heavy (non-hydrogen) atoms. The van der Waals surface area contributed by atoms with Crippen molar-refractivity contribution in [3.05, 3.63) is 55.0 Å². The third-order valence-electron chi connectivity index (χ3n) is 3.61. The maximum atomic E-state index is 11.3. The number of thioether (sulfide) groups is 1. The van der Waals surface area contributed by atoms with Crippen molar-refractivity contribution in [2.75, 3.05) is 0 Å². The van der Waals surface area contributed by atoms with Crippen molar-refractivity contribution in [2.24, 2.45) is 0 Å². The molecule has 1 atom stereocenters. The second-order valence-electron chi connectivity index (χ2n) is 5.14. The summed E-state index contributed by atoms with van der Waals surface area (Å²) in [6, 6.07) is 11.8. The Hall–Kier alpha value is -2.40. The summed E-state index contributed by atoms with van der Waals surface area (Å²) in [7, 11) is 0. The van der Waals surface area contributed by atoms with Gasteiger partial charge in [-0.25, -0.2) is 0 Å². The molecule has 0 saturated carbocycles. The van der Waals surface area contributed by atoms with Crippen LogP contribution in [-0.4, -0.2) is 26.3 Å². The predicted molar refractivity (Wildman–Crippen MR) is 92.5 cm³/mol. The van der Waals surface area contributed by atoms with Gasteiger partial charge in [0.2, 0.25) is 0 Å². The molecule has 1 aromatic carbocycles. The van der Waals surface area contributed by atoms with Crippen LogP contribution >= 0.6 is 11.8 Å². The second kappa shape index (κ2) is 6.79. The molecule has 2 heterocycles. The quantitative estimate of drug-likeness (QED) is 0.711. The molecule has 0 aliphatic heterocycles. The summed E-state index contributed by atoms with van der Waals surface area (Å²) < 4.78 is 0. The Balaban J connectivity index is 2.06. The second-order valence-corrected chi connectivity index (χ2v) is 6.38. The first-order valence-corrected chi connectivity index (χ1v) is 8.25. The van der Waals surface area contributed by atoms with Gasteiger partial charge in [-0.15, -0.1) is 11.8 Å². The number of pyridine rings is 2. The largest absolute Gasteiger partial charge is 0.480 e. The summed E-state index contributed by atoms with van der Waals surface area (Å²) in [5.74, 6) is -0.786. The highest BCUT2D eigenvalue weighted by molar-refractivity contribution is 8.00. The summed E-state index contributed by atoms with van der Waals surface area (Å²) in [5.41, 5.74) is 2.94. The van der Waals surface area contributed by atoms with E-state index in [1.165, 1.54) is 11.8 Å². The zero-order chi connectivity index (χ0) is 16.2. The average Bonchev–Trinajstić information content (AvgIpc) is 2.59. The van der Waals surface area contributed by atoms with Crippen LogP contribution in [0.2, 0.25) is 0 Å². The first-order valence-electron chi connectivity index (χ1n) is 7.37. The van der Waals surface area contributed by atoms with Crippen molar-refractivity contribution < 1.29 is 9.90 Å². The zero-order valence-electron chi connectivity index (χ0n) is 12.6. The van der Waals surface area contributed by atoms with E-state index in [4.69, 9.17) is 0 Å². The number of carboxylic acids is 1. The van der Waals surface area contributed by atoms with Crippen LogP contribution in [0.4, 0.5) is 0 Å². The fourth-order valence-electron chi connectivity index (χ4n) is 2.40. The minimum Gasteiger partial charge on any atom is -0.480 e. The molecule has 3 rings (SSSR count). The van der Waals surface area contributed by atoms with Crippen LogP contribution in [0.3, 0.4) is 0 Å². The first-order chi connectivity index (χ1) is 11.2. The van der Waals surface area contributed by atoms with Crippen molar-refractivity contribution >= 4 is 28.6 Å². The van der Waals surface area contributed by atoms with Crippen LogP contribution in [0.15, 0.2) is 59.9 Å². The number of carboxylic acid groups (broad SMARTS) is 1. The van der Waals surface area contributed by atoms with E-state index in [1.54, 1.807) is 12.4 Å². The Morgan fingerprint density at radius 1 is 1.22 bits per heavy atom. The molecule has 116 valence electrons. The standard InChI is InChI=1S/C18H16N2O2S/c1-2-16(18(21)22)23-17-7-9-20-15-6-5-12(10-14(15)17)13-4-3-8-19-11-13/h3-11,16H,2H2,1H3,(H,21,22). The lowest BCUT2D eigenvalue weighted by Crippen LogP contribution is -2.14. The van der Waals surface area contributed by atoms with Gasteiger partial charge in [-0.05, 0) is 36.2 Å². The van der Waals surface area contributed by atoms with E-state index in [0.717, 1.165) is 26.9 Å². The summed E-state index contributed by atoms with van der Waals surface area (Å²) in [5, 5.41) is 9.81. The molecule has 3 aromatic rings. The summed E-state index contributed by atoms with van der Waals surface area (Å²) in [6.45, 7) is 1.89. The number of aliphatic carboxylic acids is 1. The summed E-state index contributed by atoms with van der Waals surface area (Å²) in [6.07, 6.45) is 5.86. The molecule has 0 bridgehead atoms. The van der Waals surface area contributed by atoms with Crippen LogP contribution in [0.5, 0.6) is 0 Å². The van der Waals surface area contributed by atoms with E-state index in [0.29, 0.717) is 6.42 Å². The number of fused-ring (bicyclic) bond motifs is 1. The lowest BCUT2D eigenvalue weighted by Gasteiger charge is -2.12. The van der Waals surface area contributed by atoms with E-state index in [2.05, 4.69) is 16.0 Å². The normalized spacial score (nSPS) is 12.2. The van der Waals surface area contributed by atoms with Crippen LogP contribution in [0.1, 0.15) is 13.3 Å². The fourth-order valence-corrected chi connectivity index (χ4v) is 3.40. The van der Waals surface area contributed by atoms with E-state index in [9.17, 15) is 9.90 Å². The van der Waals surface area contributed by atoms with Crippen molar-refractivity contribution in [3.8, 4) is 11.1 Å². The molecule has 1 N–H and O–H groups in total. The number of hydrogen-bond donors (Lipinski definition) is 1. The lowest BCUT2D eigenvalue weighted by molar-refractivity contribution is -0.136. The Morgan fingerprint density at radius 2 is 2.09 bits per heavy atom. The van der Waals surface area contributed by atoms with Gasteiger partial charge in [0.1, 0.15) is 5.25 Å². The van der Waals surface area contributed by atoms with Gasteiger partial charge in [-0.3, -0.25) is 14.8 Å². The van der Waals surface area contributed by atoms with Gasteiger partial charge in [0.15, 0.2) is 0 Å². The molecule has 0 spiro atoms. The van der Waals surface area contributed by atoms with Crippen LogP contribution in [-0.2, 0) is 4.79 Å². The van der Waals surface area contributed by atoms with Crippen molar-refractivity contribution in [3.63, 3.8) is 0 Å². The number of nitrogens with zero attached hydrogens (tertiary/aromatic N) is 2. The van der Waals surface area contributed by atoms with Gasteiger partial charge in [-0.2, -0.15) is 0 Å². The molecular weight excluding hydrogens is 308 g/mol. The van der Waals surface area contributed by atoms with Gasteiger partial charge < -0.3 is 5.11 Å². The number of benzene rings is 1. The first kappa shape index (κ1) is 15.5. The maximum Gasteiger partial charge on any atom is 0.316 e. The topological polar surface area (TPSA) is 63.1 Å². The van der Waals surface area contributed by atoms with E-state index >= 15 is 0 Å². The van der Waals surface area contributed by atoms with Crippen LogP contribution < -0.4 is 0 Å². The molecule has 1 unspecified atom stereocenters. The fraction of sp³-hybridized carbons (Fsp3) is 0.167. The van der Waals surface area contributed by atoms with Crippen molar-refractivity contribution in [1.29, 1.82) is 0 Å². The molecule has 0 radical (unpaired) electrons. The molecule has 0 aliphatic carbocycles. The summed E-state index contributed by atoms with van der Waals surface area (Å²) in [4.78, 5) is 20.8. The highest BCUT2D eigenvalue weighted by atomic mass is 32.2. The highest BCUT2D eigenvalue weighted by Gasteiger charge is 2.18. The Bertz CT molecular complexity index is 837. The Labute approximate surface area is 138 Å². The monoisotopic (exact) mass is 324 g/mol. The number of aromatic nitrogens is 2. The average molecular weight is 324 g/mol. The maximum absolute atomic E-state index is 11.3. The smallest absolute Gasteiger partial charge is 0.316 e. The number of carbonyl (C=O) groups is 1. The lowest BCUT2D eigenvalue weighted by atomic mass is 10.1. The zero-order valence-corrected chi connectivity index (χ0v) is 13.5. The van der Waals surface area contributed by atoms with Crippen molar-refractivity contribution in [2.45, 2.75) is 23.5 Å². The molecule has 0 saturated heterocycles. The van der Waals surface area contributed by atoms with Gasteiger partial charge in [-0.1, -0.05) is 19.1 Å². The highest BCUT2D eigenvalue weighted by Crippen LogP contribution is 2.33. The van der Waals surface area contributed by atoms with Crippen LogP contribution in [0.25, 0.3) is 22.0 Å². The van der Waals surface area contributed by atoms with Gasteiger partial charge >= 0.3 is 5.97 Å². The molecule has 0 aliphatic rings. The van der Waals surface area contributed by atoms with Gasteiger partial charge in [0, 0.05) is 34.4 Å². The third kappa shape index (κ3) is 3.35. The van der Waals surface area contributed by atoms with Gasteiger partial charge in [0.25, 0.3) is 0 Å². The molecule has 5 heteroatoms. The minimum atomic E-state index is -0.786. The summed E-state index contributed by atoms with van der Waals surface area (Å²) >= 11 is 1.38. The van der Waals surface area contributed by atoms with Crippen LogP contribution in [0, 0.1) is 0 Å². The molecular formula is C18H16N2O2S. The Morgan fingerprint density at radius 3 is 2.78 bits per heavy atom. The van der Waals surface area contributed by atoms with E-state index < -0.39 is 11.2 Å². The molecule has 0 amide bonds. The number of hydrogen-bond acceptors (Lipinski definition) is 4. The van der Waals surface area contributed by atoms with Gasteiger partial charge in [0.05, 0.1) is 5.52 Å². The Kier molecular flexibility index (Phi) is 4.57. The molecule has 0 fully saturated rings. The SMILES string of the molecule is CCC(Sc1ccnc2ccc(-c3cccnc3)cc12)C(=O)O. The number of rotatable bonds is 5. The predicted octanol–water partition coefficient (Wildman–Crippen LogP) is 4.25. The van der Waals surface area contributed by atoms with E-state index in [-0.39, 0.29) is 0 Å². The third-order valence-corrected chi connectivity index (χ3v) is 5.04. The molecule has 4 nitrogen and oxygen atoms in total. The molecule has 2 aromatic heterocycles. The van der Waals surface area contributed by atoms with Crippen molar-refractivity contribution in [1.82, 2.24) is 9.97 Å².